The second kappa shape index (κ2) is 8.76. The van der Waals surface area contributed by atoms with Gasteiger partial charge < -0.3 is 10.1 Å². The average molecular weight is 355 g/mol. The predicted molar refractivity (Wildman–Crippen MR) is 92.0 cm³/mol. The molecule has 1 aliphatic rings. The number of nitrogens with zero attached hydrogens (tertiary/aromatic N) is 1. The van der Waals surface area contributed by atoms with Crippen molar-refractivity contribution < 1.29 is 4.74 Å². The molecule has 2 rings (SSSR count). The minimum atomic E-state index is 0.779. The van der Waals surface area contributed by atoms with Crippen molar-refractivity contribution in [2.45, 2.75) is 39.7 Å². The molecule has 0 aromatic heterocycles. The van der Waals surface area contributed by atoms with Crippen LogP contribution in [-0.4, -0.2) is 37.7 Å². The summed E-state index contributed by atoms with van der Waals surface area (Å²) in [4.78, 5) is 2.52. The van der Waals surface area contributed by atoms with Crippen molar-refractivity contribution in [3.05, 3.63) is 27.7 Å². The van der Waals surface area contributed by atoms with Crippen molar-refractivity contribution in [3.63, 3.8) is 0 Å². The number of nitrogens with one attached hydrogen (secondary N) is 1. The molecule has 0 unspecified atom stereocenters. The first-order valence-electron chi connectivity index (χ1n) is 8.05. The van der Waals surface area contributed by atoms with Crippen LogP contribution in [0.15, 0.2) is 16.6 Å². The highest BCUT2D eigenvalue weighted by Crippen LogP contribution is 2.28. The Labute approximate surface area is 137 Å². The summed E-state index contributed by atoms with van der Waals surface area (Å²) in [6.45, 7) is 10.4. The molecule has 0 radical (unpaired) electrons. The summed E-state index contributed by atoms with van der Waals surface area (Å²) in [5.41, 5.74) is 2.44. The van der Waals surface area contributed by atoms with Gasteiger partial charge in [-0.15, -0.1) is 0 Å². The Kier molecular flexibility index (Phi) is 7.00. The molecule has 1 fully saturated rings. The highest BCUT2D eigenvalue weighted by atomic mass is 79.9. The first kappa shape index (κ1) is 16.8. The third-order valence-corrected chi connectivity index (χ3v) is 4.44. The number of hydrogen-bond donors (Lipinski definition) is 1. The third-order valence-electron chi connectivity index (χ3n) is 3.98. The number of likely N-dealkylation sites (tertiary alicyclic amines) is 1. The van der Waals surface area contributed by atoms with E-state index in [0.29, 0.717) is 0 Å². The molecule has 0 aliphatic carbocycles. The fourth-order valence-electron chi connectivity index (χ4n) is 2.86. The van der Waals surface area contributed by atoms with Gasteiger partial charge in [0.2, 0.25) is 0 Å². The maximum atomic E-state index is 6.12. The largest absolute Gasteiger partial charge is 0.492 e. The van der Waals surface area contributed by atoms with Gasteiger partial charge in [0.1, 0.15) is 12.4 Å². The quantitative estimate of drug-likeness (QED) is 0.807. The molecule has 4 heteroatoms. The van der Waals surface area contributed by atoms with Crippen LogP contribution < -0.4 is 10.1 Å². The van der Waals surface area contributed by atoms with E-state index in [4.69, 9.17) is 4.74 Å². The molecule has 0 spiro atoms. The molecule has 0 atom stereocenters. The zero-order chi connectivity index (χ0) is 15.1. The number of rotatable bonds is 7. The lowest BCUT2D eigenvalue weighted by atomic mass is 10.1. The minimum absolute atomic E-state index is 0.779. The molecule has 1 aliphatic heterocycles. The Balaban J connectivity index is 1.93. The summed E-state index contributed by atoms with van der Waals surface area (Å²) < 4.78 is 7.24. The van der Waals surface area contributed by atoms with Crippen molar-refractivity contribution in [2.24, 2.45) is 0 Å². The van der Waals surface area contributed by atoms with Crippen LogP contribution in [0.25, 0.3) is 0 Å². The molecule has 0 saturated carbocycles. The Bertz CT molecular complexity index is 445. The zero-order valence-corrected chi connectivity index (χ0v) is 14.8. The molecule has 1 saturated heterocycles. The van der Waals surface area contributed by atoms with Gasteiger partial charge in [0.25, 0.3) is 0 Å². The van der Waals surface area contributed by atoms with Gasteiger partial charge in [0, 0.05) is 23.1 Å². The minimum Gasteiger partial charge on any atom is -0.492 e. The summed E-state index contributed by atoms with van der Waals surface area (Å²) in [6, 6.07) is 4.29. The van der Waals surface area contributed by atoms with Gasteiger partial charge >= 0.3 is 0 Å². The van der Waals surface area contributed by atoms with Gasteiger partial charge in [0.05, 0.1) is 0 Å². The van der Waals surface area contributed by atoms with Gasteiger partial charge in [-0.2, -0.15) is 0 Å². The fraction of sp³-hybridized carbons (Fsp3) is 0.647. The molecule has 21 heavy (non-hydrogen) atoms. The van der Waals surface area contributed by atoms with E-state index in [9.17, 15) is 0 Å². The van der Waals surface area contributed by atoms with E-state index in [1.165, 1.54) is 43.5 Å². The van der Waals surface area contributed by atoms with Gasteiger partial charge in [-0.3, -0.25) is 4.90 Å². The Hall–Kier alpha value is -0.580. The monoisotopic (exact) mass is 354 g/mol. The highest BCUT2D eigenvalue weighted by molar-refractivity contribution is 9.10. The number of hydrogen-bond acceptors (Lipinski definition) is 3. The lowest BCUT2D eigenvalue weighted by molar-refractivity contribution is 0.182. The SMILES string of the molecule is CCNCc1cc(Br)cc(C)c1OCCN1CCCCC1. The second-order valence-electron chi connectivity index (χ2n) is 5.74. The molecular weight excluding hydrogens is 328 g/mol. The zero-order valence-electron chi connectivity index (χ0n) is 13.3. The molecule has 0 bridgehead atoms. The molecule has 0 amide bonds. The number of benzene rings is 1. The van der Waals surface area contributed by atoms with Crippen LogP contribution in [0.2, 0.25) is 0 Å². The second-order valence-corrected chi connectivity index (χ2v) is 6.66. The normalized spacial score (nSPS) is 16.1. The number of piperidine rings is 1. The van der Waals surface area contributed by atoms with Gasteiger partial charge in [0.15, 0.2) is 0 Å². The molecule has 118 valence electrons. The van der Waals surface area contributed by atoms with Crippen LogP contribution in [0, 0.1) is 6.92 Å². The first-order chi connectivity index (χ1) is 10.2. The van der Waals surface area contributed by atoms with E-state index < -0.39 is 0 Å². The standard InChI is InChI=1S/C17H27BrN2O/c1-3-19-13-15-12-16(18)11-14(2)17(15)21-10-9-20-7-5-4-6-8-20/h11-12,19H,3-10,13H2,1-2H3. The summed E-state index contributed by atoms with van der Waals surface area (Å²) in [5.74, 6) is 1.05. The van der Waals surface area contributed by atoms with Crippen LogP contribution in [0.4, 0.5) is 0 Å². The Morgan fingerprint density at radius 1 is 1.24 bits per heavy atom. The third kappa shape index (κ3) is 5.28. The average Bonchev–Trinajstić information content (AvgIpc) is 2.48. The Morgan fingerprint density at radius 3 is 2.71 bits per heavy atom. The Morgan fingerprint density at radius 2 is 2.00 bits per heavy atom. The van der Waals surface area contributed by atoms with Crippen LogP contribution in [-0.2, 0) is 6.54 Å². The lowest BCUT2D eigenvalue weighted by Crippen LogP contribution is -2.33. The van der Waals surface area contributed by atoms with Gasteiger partial charge in [-0.05, 0) is 57.1 Å². The van der Waals surface area contributed by atoms with E-state index in [2.05, 4.69) is 52.1 Å². The summed E-state index contributed by atoms with van der Waals surface area (Å²) >= 11 is 3.58. The maximum absolute atomic E-state index is 6.12. The molecule has 3 nitrogen and oxygen atoms in total. The lowest BCUT2D eigenvalue weighted by Gasteiger charge is -2.26. The summed E-state index contributed by atoms with van der Waals surface area (Å²) in [7, 11) is 0. The maximum Gasteiger partial charge on any atom is 0.126 e. The van der Waals surface area contributed by atoms with Crippen molar-refractivity contribution in [1.29, 1.82) is 0 Å². The smallest absolute Gasteiger partial charge is 0.126 e. The molecule has 1 aromatic carbocycles. The topological polar surface area (TPSA) is 24.5 Å². The van der Waals surface area contributed by atoms with Crippen molar-refractivity contribution in [3.8, 4) is 5.75 Å². The van der Waals surface area contributed by atoms with Crippen LogP contribution >= 0.6 is 15.9 Å². The summed E-state index contributed by atoms with van der Waals surface area (Å²) in [6.07, 6.45) is 4.06. The van der Waals surface area contributed by atoms with Crippen LogP contribution in [0.5, 0.6) is 5.75 Å². The van der Waals surface area contributed by atoms with E-state index in [1.54, 1.807) is 0 Å². The van der Waals surface area contributed by atoms with Crippen molar-refractivity contribution in [2.75, 3.05) is 32.8 Å². The fourth-order valence-corrected chi connectivity index (χ4v) is 3.48. The van der Waals surface area contributed by atoms with E-state index >= 15 is 0 Å². The van der Waals surface area contributed by atoms with Crippen molar-refractivity contribution >= 4 is 15.9 Å². The van der Waals surface area contributed by atoms with Crippen molar-refractivity contribution in [1.82, 2.24) is 10.2 Å². The van der Waals surface area contributed by atoms with Gasteiger partial charge in [-0.25, -0.2) is 0 Å². The highest BCUT2D eigenvalue weighted by Gasteiger charge is 2.12. The molecular formula is C17H27BrN2O. The molecule has 1 N–H and O–H groups in total. The molecule has 1 heterocycles. The van der Waals surface area contributed by atoms with Gasteiger partial charge in [-0.1, -0.05) is 29.3 Å². The number of aryl methyl sites for hydroxylation is 1. The summed E-state index contributed by atoms with van der Waals surface area (Å²) in [5, 5.41) is 3.39. The number of halogens is 1. The number of ether oxygens (including phenoxy) is 1. The first-order valence-corrected chi connectivity index (χ1v) is 8.85. The predicted octanol–water partition coefficient (Wildman–Crippen LogP) is 3.73. The van der Waals surface area contributed by atoms with E-state index in [1.807, 2.05) is 0 Å². The molecule has 1 aromatic rings. The van der Waals surface area contributed by atoms with E-state index in [-0.39, 0.29) is 0 Å². The van der Waals surface area contributed by atoms with Crippen LogP contribution in [0.1, 0.15) is 37.3 Å². The van der Waals surface area contributed by atoms with E-state index in [0.717, 1.165) is 36.5 Å². The van der Waals surface area contributed by atoms with Crippen LogP contribution in [0.3, 0.4) is 0 Å².